The Balaban J connectivity index is 1.86. The number of nitrogens with one attached hydrogen (secondary N) is 1. The van der Waals surface area contributed by atoms with E-state index in [4.69, 9.17) is 0 Å². The summed E-state index contributed by atoms with van der Waals surface area (Å²) in [6.45, 7) is 5.19. The molecule has 1 amide bonds. The van der Waals surface area contributed by atoms with Gasteiger partial charge in [0.15, 0.2) is 0 Å². The highest BCUT2D eigenvalue weighted by atomic mass is 16.3. The summed E-state index contributed by atoms with van der Waals surface area (Å²) < 4.78 is 0. The van der Waals surface area contributed by atoms with Crippen molar-refractivity contribution >= 4 is 11.6 Å². The maximum atomic E-state index is 12.2. The molecule has 0 radical (unpaired) electrons. The highest BCUT2D eigenvalue weighted by molar-refractivity contribution is 5.91. The van der Waals surface area contributed by atoms with Crippen LogP contribution in [0.1, 0.15) is 51.0 Å². The van der Waals surface area contributed by atoms with Gasteiger partial charge in [0.05, 0.1) is 6.10 Å². The molecule has 1 atom stereocenters. The van der Waals surface area contributed by atoms with E-state index in [0.29, 0.717) is 25.6 Å². The van der Waals surface area contributed by atoms with Gasteiger partial charge in [-0.1, -0.05) is 37.5 Å². The Morgan fingerprint density at radius 1 is 1.30 bits per heavy atom. The predicted molar refractivity (Wildman–Crippen MR) is 94.6 cm³/mol. The van der Waals surface area contributed by atoms with Crippen molar-refractivity contribution < 1.29 is 9.90 Å². The lowest BCUT2D eigenvalue weighted by molar-refractivity contribution is -0.116. The number of aliphatic hydroxyl groups excluding tert-OH is 1. The summed E-state index contributed by atoms with van der Waals surface area (Å²) in [7, 11) is 0. The lowest BCUT2D eigenvalue weighted by Gasteiger charge is -2.35. The molecule has 0 aliphatic heterocycles. The number of anilines is 1. The molecule has 0 spiro atoms. The van der Waals surface area contributed by atoms with Gasteiger partial charge in [0.2, 0.25) is 5.91 Å². The van der Waals surface area contributed by atoms with E-state index in [1.807, 2.05) is 38.1 Å². The molecule has 4 heteroatoms. The SMILES string of the molecule is Cc1ccccc1NC(=O)CCN(CC(C)O)C1CCCCC1. The molecule has 1 unspecified atom stereocenters. The van der Waals surface area contributed by atoms with E-state index in [-0.39, 0.29) is 12.0 Å². The van der Waals surface area contributed by atoms with Gasteiger partial charge in [-0.25, -0.2) is 0 Å². The molecule has 128 valence electrons. The Morgan fingerprint density at radius 2 is 2.00 bits per heavy atom. The fraction of sp³-hybridized carbons (Fsp3) is 0.632. The van der Waals surface area contributed by atoms with E-state index >= 15 is 0 Å². The Kier molecular flexibility index (Phi) is 7.06. The van der Waals surface area contributed by atoms with Crippen LogP contribution in [0.15, 0.2) is 24.3 Å². The van der Waals surface area contributed by atoms with E-state index in [9.17, 15) is 9.90 Å². The summed E-state index contributed by atoms with van der Waals surface area (Å²) in [4.78, 5) is 14.5. The van der Waals surface area contributed by atoms with Crippen LogP contribution in [0.4, 0.5) is 5.69 Å². The summed E-state index contributed by atoms with van der Waals surface area (Å²) in [5.41, 5.74) is 1.96. The molecule has 1 saturated carbocycles. The van der Waals surface area contributed by atoms with E-state index in [1.54, 1.807) is 0 Å². The fourth-order valence-electron chi connectivity index (χ4n) is 3.38. The number of para-hydroxylation sites is 1. The first-order valence-corrected chi connectivity index (χ1v) is 8.84. The second kappa shape index (κ2) is 9.04. The molecular weight excluding hydrogens is 288 g/mol. The second-order valence-corrected chi connectivity index (χ2v) is 6.75. The first kappa shape index (κ1) is 18.0. The largest absolute Gasteiger partial charge is 0.392 e. The number of amides is 1. The van der Waals surface area contributed by atoms with Crippen LogP contribution >= 0.6 is 0 Å². The van der Waals surface area contributed by atoms with Crippen molar-refractivity contribution in [2.75, 3.05) is 18.4 Å². The van der Waals surface area contributed by atoms with Gasteiger partial charge in [-0.15, -0.1) is 0 Å². The number of carbonyl (C=O) groups is 1. The number of hydrogen-bond acceptors (Lipinski definition) is 3. The minimum Gasteiger partial charge on any atom is -0.392 e. The average Bonchev–Trinajstić information content (AvgIpc) is 2.54. The van der Waals surface area contributed by atoms with Crippen molar-refractivity contribution in [2.45, 2.75) is 64.5 Å². The quantitative estimate of drug-likeness (QED) is 0.811. The smallest absolute Gasteiger partial charge is 0.225 e. The summed E-state index contributed by atoms with van der Waals surface area (Å²) >= 11 is 0. The molecule has 1 aliphatic rings. The molecule has 0 aromatic heterocycles. The second-order valence-electron chi connectivity index (χ2n) is 6.75. The van der Waals surface area contributed by atoms with Gasteiger partial charge in [0, 0.05) is 31.2 Å². The fourth-order valence-corrected chi connectivity index (χ4v) is 3.38. The van der Waals surface area contributed by atoms with Gasteiger partial charge in [0.25, 0.3) is 0 Å². The molecule has 1 aromatic carbocycles. The minimum atomic E-state index is -0.351. The number of hydrogen-bond donors (Lipinski definition) is 2. The molecule has 0 saturated heterocycles. The first-order chi connectivity index (χ1) is 11.1. The first-order valence-electron chi connectivity index (χ1n) is 8.84. The highest BCUT2D eigenvalue weighted by Crippen LogP contribution is 2.23. The normalized spacial score (nSPS) is 17.2. The van der Waals surface area contributed by atoms with Crippen molar-refractivity contribution in [1.82, 2.24) is 4.90 Å². The van der Waals surface area contributed by atoms with Crippen LogP contribution in [-0.4, -0.2) is 41.1 Å². The Bertz CT molecular complexity index is 496. The summed E-state index contributed by atoms with van der Waals surface area (Å²) in [6.07, 6.45) is 6.33. The van der Waals surface area contributed by atoms with Gasteiger partial charge in [-0.3, -0.25) is 9.69 Å². The van der Waals surface area contributed by atoms with E-state index < -0.39 is 0 Å². The lowest BCUT2D eigenvalue weighted by Crippen LogP contribution is -2.42. The number of benzene rings is 1. The number of rotatable bonds is 7. The van der Waals surface area contributed by atoms with Crippen LogP contribution < -0.4 is 5.32 Å². The van der Waals surface area contributed by atoms with Crippen molar-refractivity contribution in [3.05, 3.63) is 29.8 Å². The third kappa shape index (κ3) is 5.96. The monoisotopic (exact) mass is 318 g/mol. The predicted octanol–water partition coefficient (Wildman–Crippen LogP) is 3.34. The molecule has 1 aliphatic carbocycles. The molecule has 4 nitrogen and oxygen atoms in total. The van der Waals surface area contributed by atoms with Crippen molar-refractivity contribution in [1.29, 1.82) is 0 Å². The zero-order valence-electron chi connectivity index (χ0n) is 14.4. The number of carbonyl (C=O) groups excluding carboxylic acids is 1. The molecule has 0 heterocycles. The van der Waals surface area contributed by atoms with Gasteiger partial charge in [-0.2, -0.15) is 0 Å². The molecule has 2 N–H and O–H groups in total. The van der Waals surface area contributed by atoms with Crippen LogP contribution in [0, 0.1) is 6.92 Å². The Hall–Kier alpha value is -1.39. The Labute approximate surface area is 139 Å². The zero-order chi connectivity index (χ0) is 16.7. The molecular formula is C19H30N2O2. The van der Waals surface area contributed by atoms with Crippen molar-refractivity contribution in [3.63, 3.8) is 0 Å². The lowest BCUT2D eigenvalue weighted by atomic mass is 9.94. The topological polar surface area (TPSA) is 52.6 Å². The number of aryl methyl sites for hydroxylation is 1. The van der Waals surface area contributed by atoms with Crippen LogP contribution in [0.5, 0.6) is 0 Å². The third-order valence-corrected chi connectivity index (χ3v) is 4.64. The molecule has 23 heavy (non-hydrogen) atoms. The van der Waals surface area contributed by atoms with Crippen molar-refractivity contribution in [3.8, 4) is 0 Å². The van der Waals surface area contributed by atoms with E-state index in [0.717, 1.165) is 11.3 Å². The molecule has 2 rings (SSSR count). The third-order valence-electron chi connectivity index (χ3n) is 4.64. The maximum Gasteiger partial charge on any atom is 0.225 e. The van der Waals surface area contributed by atoms with Crippen molar-refractivity contribution in [2.24, 2.45) is 0 Å². The van der Waals surface area contributed by atoms with Gasteiger partial charge >= 0.3 is 0 Å². The average molecular weight is 318 g/mol. The summed E-state index contributed by atoms with van der Waals surface area (Å²) in [5, 5.41) is 12.7. The standard InChI is InChI=1S/C19H30N2O2/c1-15-8-6-7-11-18(15)20-19(23)12-13-21(14-16(2)22)17-9-4-3-5-10-17/h6-8,11,16-17,22H,3-5,9-10,12-14H2,1-2H3,(H,20,23). The highest BCUT2D eigenvalue weighted by Gasteiger charge is 2.22. The Morgan fingerprint density at radius 3 is 2.65 bits per heavy atom. The summed E-state index contributed by atoms with van der Waals surface area (Å²) in [6, 6.07) is 8.35. The zero-order valence-corrected chi connectivity index (χ0v) is 14.4. The van der Waals surface area contributed by atoms with Crippen LogP contribution in [0.3, 0.4) is 0 Å². The summed E-state index contributed by atoms with van der Waals surface area (Å²) in [5.74, 6) is 0.0469. The van der Waals surface area contributed by atoms with Crippen LogP contribution in [-0.2, 0) is 4.79 Å². The van der Waals surface area contributed by atoms with Gasteiger partial charge in [-0.05, 0) is 38.3 Å². The molecule has 1 fully saturated rings. The van der Waals surface area contributed by atoms with Gasteiger partial charge < -0.3 is 10.4 Å². The maximum absolute atomic E-state index is 12.2. The number of nitrogens with zero attached hydrogens (tertiary/aromatic N) is 1. The molecule has 0 bridgehead atoms. The number of aliphatic hydroxyl groups is 1. The molecule has 1 aromatic rings. The van der Waals surface area contributed by atoms with E-state index in [2.05, 4.69) is 10.2 Å². The van der Waals surface area contributed by atoms with Crippen LogP contribution in [0.25, 0.3) is 0 Å². The minimum absolute atomic E-state index is 0.0469. The van der Waals surface area contributed by atoms with Crippen LogP contribution in [0.2, 0.25) is 0 Å². The van der Waals surface area contributed by atoms with E-state index in [1.165, 1.54) is 32.1 Å². The van der Waals surface area contributed by atoms with Gasteiger partial charge in [0.1, 0.15) is 0 Å².